The molecule has 2 heterocycles. The Labute approximate surface area is 152 Å². The number of nitrogens with zero attached hydrogens (tertiary/aromatic N) is 3. The van der Waals surface area contributed by atoms with Crippen molar-refractivity contribution in [2.75, 3.05) is 6.61 Å². The molecule has 0 aromatic carbocycles. The van der Waals surface area contributed by atoms with Gasteiger partial charge in [0.15, 0.2) is 0 Å². The van der Waals surface area contributed by atoms with Crippen LogP contribution < -0.4 is 17.0 Å². The molecule has 0 aliphatic carbocycles. The van der Waals surface area contributed by atoms with Crippen molar-refractivity contribution >= 4 is 12.4 Å². The van der Waals surface area contributed by atoms with Crippen molar-refractivity contribution in [3.63, 3.8) is 0 Å². The summed E-state index contributed by atoms with van der Waals surface area (Å²) in [6.45, 7) is 0.599. The number of hydrogen-bond donors (Lipinski definition) is 2. The van der Waals surface area contributed by atoms with Crippen LogP contribution in [0, 0.1) is 6.92 Å². The van der Waals surface area contributed by atoms with Crippen molar-refractivity contribution in [2.45, 2.75) is 32.7 Å². The fourth-order valence-corrected chi connectivity index (χ4v) is 2.40. The fraction of sp³-hybridized carbons (Fsp3) is 0.400. The summed E-state index contributed by atoms with van der Waals surface area (Å²) in [6, 6.07) is 3.32. The summed E-state index contributed by atoms with van der Waals surface area (Å²) in [5.41, 5.74) is 3.31. The van der Waals surface area contributed by atoms with E-state index in [0.29, 0.717) is 5.69 Å². The summed E-state index contributed by atoms with van der Waals surface area (Å²) in [5.74, 6) is 0. The summed E-state index contributed by atoms with van der Waals surface area (Å²) in [4.78, 5) is 27.9. The smallest absolute Gasteiger partial charge is 0.395 e. The Balaban J connectivity index is 0.00000338. The van der Waals surface area contributed by atoms with Crippen molar-refractivity contribution in [3.8, 4) is 0 Å². The molecule has 2 rings (SSSR count). The van der Waals surface area contributed by atoms with E-state index < -0.39 is 29.7 Å². The largest absolute Gasteiger partial charge is 0.433 e. The van der Waals surface area contributed by atoms with Gasteiger partial charge in [-0.15, -0.1) is 12.4 Å². The highest BCUT2D eigenvalue weighted by Gasteiger charge is 2.33. The molecule has 0 radical (unpaired) electrons. The molecule has 26 heavy (non-hydrogen) atoms. The quantitative estimate of drug-likeness (QED) is 0.775. The molecular weight excluding hydrogens is 377 g/mol. The van der Waals surface area contributed by atoms with Crippen LogP contribution in [0.4, 0.5) is 13.2 Å². The van der Waals surface area contributed by atoms with Crippen molar-refractivity contribution in [1.29, 1.82) is 0 Å². The lowest BCUT2D eigenvalue weighted by molar-refractivity contribution is -0.141. The van der Waals surface area contributed by atoms with Crippen molar-refractivity contribution < 1.29 is 18.3 Å². The summed E-state index contributed by atoms with van der Waals surface area (Å²) in [7, 11) is 0. The lowest BCUT2D eigenvalue weighted by Gasteiger charge is -2.14. The van der Waals surface area contributed by atoms with Gasteiger partial charge in [-0.2, -0.15) is 13.2 Å². The van der Waals surface area contributed by atoms with Crippen LogP contribution >= 0.6 is 12.4 Å². The Kier molecular flexibility index (Phi) is 7.13. The second-order valence-corrected chi connectivity index (χ2v) is 5.42. The molecule has 2 aromatic rings. The Bertz CT molecular complexity index is 893. The first-order chi connectivity index (χ1) is 11.7. The molecule has 0 aliphatic rings. The lowest BCUT2D eigenvalue weighted by atomic mass is 10.2. The average molecular weight is 395 g/mol. The predicted octanol–water partition coefficient (Wildman–Crippen LogP) is 0.653. The van der Waals surface area contributed by atoms with E-state index in [0.717, 1.165) is 10.6 Å². The number of aryl methyl sites for hydroxylation is 1. The zero-order valence-corrected chi connectivity index (χ0v) is 14.6. The van der Waals surface area contributed by atoms with Gasteiger partial charge >= 0.3 is 11.9 Å². The van der Waals surface area contributed by atoms with E-state index >= 15 is 0 Å². The second-order valence-electron chi connectivity index (χ2n) is 5.42. The van der Waals surface area contributed by atoms with Gasteiger partial charge in [-0.3, -0.25) is 13.9 Å². The van der Waals surface area contributed by atoms with Gasteiger partial charge in [0, 0.05) is 18.3 Å². The third kappa shape index (κ3) is 4.71. The van der Waals surface area contributed by atoms with Crippen LogP contribution in [-0.2, 0) is 25.8 Å². The zero-order chi connectivity index (χ0) is 18.8. The molecule has 0 saturated carbocycles. The number of aliphatic hydroxyl groups excluding tert-OH is 1. The maximum atomic E-state index is 12.9. The first kappa shape index (κ1) is 21.9. The molecule has 7 nitrogen and oxygen atoms in total. The molecule has 144 valence electrons. The zero-order valence-electron chi connectivity index (χ0n) is 13.8. The number of hydrogen-bond acceptors (Lipinski definition) is 5. The van der Waals surface area contributed by atoms with Gasteiger partial charge in [0.05, 0.1) is 25.4 Å². The summed E-state index contributed by atoms with van der Waals surface area (Å²) >= 11 is 0. The van der Waals surface area contributed by atoms with Crippen LogP contribution in [0.5, 0.6) is 0 Å². The van der Waals surface area contributed by atoms with Gasteiger partial charge in [-0.05, 0) is 24.6 Å². The molecular formula is C15H18ClF3N4O3. The van der Waals surface area contributed by atoms with E-state index in [2.05, 4.69) is 4.98 Å². The summed E-state index contributed by atoms with van der Waals surface area (Å²) < 4.78 is 40.7. The highest BCUT2D eigenvalue weighted by Crippen LogP contribution is 2.28. The van der Waals surface area contributed by atoms with Gasteiger partial charge in [-0.25, -0.2) is 9.78 Å². The normalized spacial score (nSPS) is 11.3. The number of pyridine rings is 1. The maximum Gasteiger partial charge on any atom is 0.433 e. The molecule has 0 amide bonds. The van der Waals surface area contributed by atoms with E-state index in [1.807, 2.05) is 0 Å². The van der Waals surface area contributed by atoms with Crippen LogP contribution in [-0.4, -0.2) is 25.8 Å². The number of aliphatic hydroxyl groups is 1. The minimum Gasteiger partial charge on any atom is -0.395 e. The van der Waals surface area contributed by atoms with Crippen LogP contribution in [0.15, 0.2) is 27.8 Å². The Morgan fingerprint density at radius 2 is 1.85 bits per heavy atom. The number of nitrogens with two attached hydrogens (primary N) is 1. The number of halogens is 4. The van der Waals surface area contributed by atoms with E-state index in [1.54, 1.807) is 0 Å². The topological polar surface area (TPSA) is 103 Å². The number of alkyl halides is 3. The average Bonchev–Trinajstić information content (AvgIpc) is 2.54. The third-order valence-corrected chi connectivity index (χ3v) is 3.59. The highest BCUT2D eigenvalue weighted by molar-refractivity contribution is 5.85. The molecule has 0 saturated heterocycles. The minimum atomic E-state index is -4.67. The van der Waals surface area contributed by atoms with Gasteiger partial charge in [0.25, 0.3) is 5.56 Å². The van der Waals surface area contributed by atoms with Crippen molar-refractivity contribution in [1.82, 2.24) is 14.1 Å². The standard InChI is InChI=1S/C15H17F3N4O3.ClH/c1-9-4-13(24)22(14(25)21(9)2-3-23)8-11-5-10(7-19)6-12(20-11)15(16,17)18;/h4-6,23H,2-3,7-8,19H2,1H3;1H. The van der Waals surface area contributed by atoms with Crippen molar-refractivity contribution in [3.05, 3.63) is 61.7 Å². The second kappa shape index (κ2) is 8.47. The Morgan fingerprint density at radius 1 is 1.19 bits per heavy atom. The monoisotopic (exact) mass is 394 g/mol. The minimum absolute atomic E-state index is 0. The Hall–Kier alpha value is -2.17. The molecule has 0 fully saturated rings. The first-order valence-corrected chi connectivity index (χ1v) is 7.36. The van der Waals surface area contributed by atoms with E-state index in [4.69, 9.17) is 10.8 Å². The molecule has 0 bridgehead atoms. The molecule has 2 aromatic heterocycles. The van der Waals surface area contributed by atoms with Crippen LogP contribution in [0.1, 0.15) is 22.6 Å². The molecule has 0 aliphatic heterocycles. The van der Waals surface area contributed by atoms with Crippen molar-refractivity contribution in [2.24, 2.45) is 5.73 Å². The molecule has 3 N–H and O–H groups in total. The summed E-state index contributed by atoms with van der Waals surface area (Å²) in [5, 5.41) is 9.01. The predicted molar refractivity (Wildman–Crippen MR) is 90.3 cm³/mol. The molecule has 0 atom stereocenters. The maximum absolute atomic E-state index is 12.9. The number of rotatable bonds is 5. The SMILES string of the molecule is Cc1cc(=O)n(Cc2cc(CN)cc(C(F)(F)F)n2)c(=O)n1CCO.Cl. The molecule has 11 heteroatoms. The van der Waals surface area contributed by atoms with Crippen LogP contribution in [0.25, 0.3) is 0 Å². The van der Waals surface area contributed by atoms with Gasteiger partial charge in [0.1, 0.15) is 5.69 Å². The van der Waals surface area contributed by atoms with E-state index in [-0.39, 0.29) is 43.4 Å². The van der Waals surface area contributed by atoms with E-state index in [1.165, 1.54) is 23.6 Å². The fourth-order valence-electron chi connectivity index (χ4n) is 2.40. The van der Waals surface area contributed by atoms with Gasteiger partial charge in [0.2, 0.25) is 0 Å². The first-order valence-electron chi connectivity index (χ1n) is 7.36. The lowest BCUT2D eigenvalue weighted by Crippen LogP contribution is -2.41. The van der Waals surface area contributed by atoms with Gasteiger partial charge in [-0.1, -0.05) is 0 Å². The molecule has 0 unspecified atom stereocenters. The van der Waals surface area contributed by atoms with Crippen LogP contribution in [0.2, 0.25) is 0 Å². The number of aromatic nitrogens is 3. The Morgan fingerprint density at radius 3 is 2.38 bits per heavy atom. The van der Waals surface area contributed by atoms with Crippen LogP contribution in [0.3, 0.4) is 0 Å². The summed E-state index contributed by atoms with van der Waals surface area (Å²) in [6.07, 6.45) is -4.67. The molecule has 0 spiro atoms. The highest BCUT2D eigenvalue weighted by atomic mass is 35.5. The third-order valence-electron chi connectivity index (χ3n) is 3.59. The van der Waals surface area contributed by atoms with Gasteiger partial charge < -0.3 is 10.8 Å². The van der Waals surface area contributed by atoms with E-state index in [9.17, 15) is 22.8 Å².